The predicted octanol–water partition coefficient (Wildman–Crippen LogP) is 1.04. The Labute approximate surface area is 124 Å². The maximum Gasteiger partial charge on any atom is 0.260 e. The van der Waals surface area contributed by atoms with Crippen molar-refractivity contribution in [3.8, 4) is 0 Å². The zero-order chi connectivity index (χ0) is 14.6. The van der Waals surface area contributed by atoms with E-state index in [-0.39, 0.29) is 5.03 Å². The van der Waals surface area contributed by atoms with Crippen LogP contribution in [0.15, 0.2) is 11.2 Å². The van der Waals surface area contributed by atoms with E-state index in [0.29, 0.717) is 30.4 Å². The van der Waals surface area contributed by atoms with Crippen molar-refractivity contribution in [1.82, 2.24) is 19.8 Å². The number of nitrogens with one attached hydrogen (secondary N) is 2. The zero-order valence-corrected chi connectivity index (χ0v) is 13.6. The number of nitrogens with zero attached hydrogens (tertiary/aromatic N) is 2. The summed E-state index contributed by atoms with van der Waals surface area (Å²) in [4.78, 5) is 0. The summed E-state index contributed by atoms with van der Waals surface area (Å²) >= 11 is 1.85. The van der Waals surface area contributed by atoms with Crippen LogP contribution in [0.2, 0.25) is 0 Å². The molecule has 1 unspecified atom stereocenters. The van der Waals surface area contributed by atoms with Gasteiger partial charge < -0.3 is 5.32 Å². The minimum atomic E-state index is -3.46. The molecule has 114 valence electrons. The van der Waals surface area contributed by atoms with Crippen LogP contribution in [0.1, 0.15) is 25.8 Å². The Morgan fingerprint density at radius 3 is 3.05 bits per heavy atom. The molecule has 2 rings (SSSR count). The normalized spacial score (nSPS) is 21.2. The number of hydrogen-bond donors (Lipinski definition) is 2. The predicted molar refractivity (Wildman–Crippen MR) is 81.3 cm³/mol. The number of aromatic nitrogens is 2. The number of hydrogen-bond acceptors (Lipinski definition) is 5. The van der Waals surface area contributed by atoms with Crippen molar-refractivity contribution < 1.29 is 8.42 Å². The third-order valence-corrected chi connectivity index (χ3v) is 6.65. The molecule has 1 fully saturated rings. The van der Waals surface area contributed by atoms with Gasteiger partial charge in [-0.25, -0.2) is 8.42 Å². The third kappa shape index (κ3) is 3.36. The third-order valence-electron chi connectivity index (χ3n) is 3.40. The summed E-state index contributed by atoms with van der Waals surface area (Å²) in [5.41, 5.74) is 0.707. The van der Waals surface area contributed by atoms with E-state index < -0.39 is 10.0 Å². The molecule has 1 aromatic rings. The van der Waals surface area contributed by atoms with Gasteiger partial charge in [-0.05, 0) is 13.0 Å². The monoisotopic (exact) mass is 318 g/mol. The van der Waals surface area contributed by atoms with Crippen molar-refractivity contribution >= 4 is 21.8 Å². The fourth-order valence-corrected chi connectivity index (χ4v) is 5.18. The lowest BCUT2D eigenvalue weighted by atomic mass is 10.3. The molecule has 1 saturated heterocycles. The first-order valence-electron chi connectivity index (χ1n) is 6.94. The second kappa shape index (κ2) is 6.93. The molecule has 6 nitrogen and oxygen atoms in total. The molecule has 8 heteroatoms. The Morgan fingerprint density at radius 1 is 1.55 bits per heavy atom. The standard InChI is InChI=1S/C12H22N4O2S2/c1-3-11-9-16(5-6-19-11)20(17,18)12-10(7-13-4-2)8-14-15-12/h8,11,13H,3-7,9H2,1-2H3,(H,14,15). The van der Waals surface area contributed by atoms with Gasteiger partial charge in [0.05, 0.1) is 6.20 Å². The highest BCUT2D eigenvalue weighted by Gasteiger charge is 2.32. The Kier molecular flexibility index (Phi) is 5.48. The van der Waals surface area contributed by atoms with Crippen LogP contribution in [-0.2, 0) is 16.6 Å². The molecule has 1 atom stereocenters. The van der Waals surface area contributed by atoms with Gasteiger partial charge in [0.2, 0.25) is 0 Å². The van der Waals surface area contributed by atoms with Crippen molar-refractivity contribution in [3.05, 3.63) is 11.8 Å². The topological polar surface area (TPSA) is 78.1 Å². The number of rotatable bonds is 6. The van der Waals surface area contributed by atoms with Gasteiger partial charge in [0.15, 0.2) is 5.03 Å². The largest absolute Gasteiger partial charge is 0.313 e. The first-order chi connectivity index (χ1) is 9.59. The van der Waals surface area contributed by atoms with Crippen LogP contribution < -0.4 is 5.32 Å². The van der Waals surface area contributed by atoms with Crippen molar-refractivity contribution in [2.24, 2.45) is 0 Å². The van der Waals surface area contributed by atoms with E-state index in [1.807, 2.05) is 18.7 Å². The second-order valence-electron chi connectivity index (χ2n) is 4.77. The molecule has 1 aliphatic heterocycles. The minimum Gasteiger partial charge on any atom is -0.313 e. The van der Waals surface area contributed by atoms with Crippen LogP contribution >= 0.6 is 11.8 Å². The van der Waals surface area contributed by atoms with Crippen LogP contribution in [0.5, 0.6) is 0 Å². The quantitative estimate of drug-likeness (QED) is 0.819. The lowest BCUT2D eigenvalue weighted by molar-refractivity contribution is 0.413. The summed E-state index contributed by atoms with van der Waals surface area (Å²) in [5.74, 6) is 0.856. The Morgan fingerprint density at radius 2 is 2.35 bits per heavy atom. The smallest absolute Gasteiger partial charge is 0.260 e. The SMILES string of the molecule is CCNCc1cn[nH]c1S(=O)(=O)N1CCSC(CC)C1. The highest BCUT2D eigenvalue weighted by molar-refractivity contribution is 8.00. The second-order valence-corrected chi connectivity index (χ2v) is 8.05. The summed E-state index contributed by atoms with van der Waals surface area (Å²) in [5, 5.41) is 10.3. The molecule has 0 bridgehead atoms. The van der Waals surface area contributed by atoms with Gasteiger partial charge in [-0.15, -0.1) is 0 Å². The lowest BCUT2D eigenvalue weighted by Gasteiger charge is -2.30. The molecule has 2 N–H and O–H groups in total. The van der Waals surface area contributed by atoms with Crippen molar-refractivity contribution in [2.75, 3.05) is 25.4 Å². The fourth-order valence-electron chi connectivity index (χ4n) is 2.19. The first-order valence-corrected chi connectivity index (χ1v) is 9.43. The van der Waals surface area contributed by atoms with Gasteiger partial charge >= 0.3 is 0 Å². The molecular formula is C12H22N4O2S2. The van der Waals surface area contributed by atoms with Gasteiger partial charge in [0.25, 0.3) is 10.0 Å². The van der Waals surface area contributed by atoms with Crippen molar-refractivity contribution in [3.63, 3.8) is 0 Å². The van der Waals surface area contributed by atoms with E-state index in [1.54, 1.807) is 10.5 Å². The van der Waals surface area contributed by atoms with Gasteiger partial charge in [-0.2, -0.15) is 21.2 Å². The maximum absolute atomic E-state index is 12.7. The van der Waals surface area contributed by atoms with E-state index in [2.05, 4.69) is 22.4 Å². The molecule has 0 radical (unpaired) electrons. The number of H-pyrrole nitrogens is 1. The molecule has 1 aliphatic rings. The van der Waals surface area contributed by atoms with Gasteiger partial charge in [0, 0.05) is 36.2 Å². The average molecular weight is 318 g/mol. The fraction of sp³-hybridized carbons (Fsp3) is 0.750. The summed E-state index contributed by atoms with van der Waals surface area (Å²) in [7, 11) is -3.46. The summed E-state index contributed by atoms with van der Waals surface area (Å²) < 4.78 is 27.0. The summed E-state index contributed by atoms with van der Waals surface area (Å²) in [6.07, 6.45) is 2.58. The van der Waals surface area contributed by atoms with E-state index >= 15 is 0 Å². The van der Waals surface area contributed by atoms with Crippen LogP contribution in [-0.4, -0.2) is 53.6 Å². The lowest BCUT2D eigenvalue weighted by Crippen LogP contribution is -2.42. The van der Waals surface area contributed by atoms with Crippen LogP contribution in [0.3, 0.4) is 0 Å². The molecule has 20 heavy (non-hydrogen) atoms. The van der Waals surface area contributed by atoms with E-state index in [4.69, 9.17) is 0 Å². The highest BCUT2D eigenvalue weighted by Crippen LogP contribution is 2.26. The molecule has 1 aromatic heterocycles. The maximum atomic E-state index is 12.7. The molecule has 0 aromatic carbocycles. The number of aromatic amines is 1. The summed E-state index contributed by atoms with van der Waals surface area (Å²) in [6, 6.07) is 0. The van der Waals surface area contributed by atoms with Crippen molar-refractivity contribution in [1.29, 1.82) is 0 Å². The van der Waals surface area contributed by atoms with E-state index in [9.17, 15) is 8.42 Å². The minimum absolute atomic E-state index is 0.236. The van der Waals surface area contributed by atoms with Crippen LogP contribution in [0, 0.1) is 0 Å². The Hall–Kier alpha value is -0.570. The van der Waals surface area contributed by atoms with Crippen LogP contribution in [0.4, 0.5) is 0 Å². The van der Waals surface area contributed by atoms with Crippen LogP contribution in [0.25, 0.3) is 0 Å². The zero-order valence-electron chi connectivity index (χ0n) is 11.9. The molecule has 0 aliphatic carbocycles. The first kappa shape index (κ1) is 15.8. The van der Waals surface area contributed by atoms with E-state index in [0.717, 1.165) is 18.7 Å². The Balaban J connectivity index is 2.19. The van der Waals surface area contributed by atoms with E-state index in [1.165, 1.54) is 0 Å². The Bertz CT molecular complexity index is 529. The van der Waals surface area contributed by atoms with Crippen molar-refractivity contribution in [2.45, 2.75) is 37.1 Å². The number of sulfonamides is 1. The molecule has 2 heterocycles. The van der Waals surface area contributed by atoms with Gasteiger partial charge in [-0.1, -0.05) is 13.8 Å². The molecule has 0 saturated carbocycles. The molecule has 0 spiro atoms. The molecule has 0 amide bonds. The summed E-state index contributed by atoms with van der Waals surface area (Å²) in [6.45, 7) is 6.55. The highest BCUT2D eigenvalue weighted by atomic mass is 32.2. The van der Waals surface area contributed by atoms with Gasteiger partial charge in [-0.3, -0.25) is 5.10 Å². The van der Waals surface area contributed by atoms with Gasteiger partial charge in [0.1, 0.15) is 0 Å². The number of thioether (sulfide) groups is 1. The molecular weight excluding hydrogens is 296 g/mol. The average Bonchev–Trinajstić information content (AvgIpc) is 2.94.